The number of nitrogens with two attached hydrogens (primary N) is 1. The Labute approximate surface area is 84.9 Å². The van der Waals surface area contributed by atoms with E-state index in [4.69, 9.17) is 17.3 Å². The molecule has 0 saturated carbocycles. The third-order valence-corrected chi connectivity index (χ3v) is 2.31. The molecule has 0 saturated heterocycles. The third-order valence-electron chi connectivity index (χ3n) is 2.10. The van der Waals surface area contributed by atoms with Crippen molar-refractivity contribution in [2.24, 2.45) is 5.73 Å². The summed E-state index contributed by atoms with van der Waals surface area (Å²) in [5.41, 5.74) is 8.06. The maximum Gasteiger partial charge on any atom is 0.0411 e. The van der Waals surface area contributed by atoms with E-state index in [9.17, 15) is 0 Å². The molecule has 0 spiro atoms. The summed E-state index contributed by atoms with van der Waals surface area (Å²) < 4.78 is 0. The normalized spacial score (nSPS) is 10.4. The lowest BCUT2D eigenvalue weighted by Gasteiger charge is -2.04. The highest BCUT2D eigenvalue weighted by Gasteiger charge is 1.97. The van der Waals surface area contributed by atoms with Crippen LogP contribution in [0.4, 0.5) is 0 Å². The van der Waals surface area contributed by atoms with Gasteiger partial charge in [-0.25, -0.2) is 0 Å². The van der Waals surface area contributed by atoms with Crippen molar-refractivity contribution >= 4 is 11.6 Å². The first-order chi connectivity index (χ1) is 6.26. The molecular formula is C11H16ClN. The predicted octanol–water partition coefficient (Wildman–Crippen LogP) is 2.79. The molecule has 0 amide bonds. The average molecular weight is 198 g/mol. The molecule has 0 unspecified atom stereocenters. The van der Waals surface area contributed by atoms with Gasteiger partial charge in [-0.1, -0.05) is 24.6 Å². The first-order valence-electron chi connectivity index (χ1n) is 4.74. The molecule has 0 bridgehead atoms. The number of halogens is 1. The van der Waals surface area contributed by atoms with Gasteiger partial charge in [0.25, 0.3) is 0 Å². The van der Waals surface area contributed by atoms with Crippen LogP contribution in [0.15, 0.2) is 18.2 Å². The van der Waals surface area contributed by atoms with Crippen LogP contribution in [-0.4, -0.2) is 6.54 Å². The molecule has 0 fully saturated rings. The van der Waals surface area contributed by atoms with Crippen molar-refractivity contribution in [1.82, 2.24) is 0 Å². The number of hydrogen-bond donors (Lipinski definition) is 1. The SMILES string of the molecule is CCc1cc(Cl)cc(CCCN)c1. The lowest BCUT2D eigenvalue weighted by Crippen LogP contribution is -2.00. The molecule has 13 heavy (non-hydrogen) atoms. The van der Waals surface area contributed by atoms with E-state index in [0.717, 1.165) is 30.8 Å². The van der Waals surface area contributed by atoms with Crippen LogP contribution in [0.25, 0.3) is 0 Å². The fraction of sp³-hybridized carbons (Fsp3) is 0.455. The van der Waals surface area contributed by atoms with Gasteiger partial charge in [-0.15, -0.1) is 0 Å². The Morgan fingerprint density at radius 1 is 1.23 bits per heavy atom. The van der Waals surface area contributed by atoms with Crippen LogP contribution in [0.3, 0.4) is 0 Å². The standard InChI is InChI=1S/C11H16ClN/c1-2-9-6-10(4-3-5-13)8-11(12)7-9/h6-8H,2-5,13H2,1H3. The molecule has 1 rings (SSSR count). The number of rotatable bonds is 4. The molecule has 1 aromatic carbocycles. The van der Waals surface area contributed by atoms with Crippen molar-refractivity contribution in [3.05, 3.63) is 34.3 Å². The minimum absolute atomic E-state index is 0.744. The summed E-state index contributed by atoms with van der Waals surface area (Å²) in [7, 11) is 0. The zero-order valence-electron chi connectivity index (χ0n) is 8.02. The van der Waals surface area contributed by atoms with Gasteiger partial charge in [-0.05, 0) is 49.1 Å². The molecule has 0 heterocycles. The van der Waals surface area contributed by atoms with Crippen molar-refractivity contribution < 1.29 is 0 Å². The highest BCUT2D eigenvalue weighted by Crippen LogP contribution is 2.16. The second-order valence-corrected chi connectivity index (χ2v) is 3.65. The fourth-order valence-corrected chi connectivity index (χ4v) is 1.65. The third kappa shape index (κ3) is 3.37. The van der Waals surface area contributed by atoms with Crippen LogP contribution >= 0.6 is 11.6 Å². The molecule has 0 aliphatic carbocycles. The quantitative estimate of drug-likeness (QED) is 0.790. The predicted molar refractivity (Wildman–Crippen MR) is 58.2 cm³/mol. The molecule has 0 aliphatic rings. The fourth-order valence-electron chi connectivity index (χ4n) is 1.37. The number of aryl methyl sites for hydroxylation is 2. The molecule has 72 valence electrons. The summed E-state index contributed by atoms with van der Waals surface area (Å²) in [4.78, 5) is 0. The lowest BCUT2D eigenvalue weighted by atomic mass is 10.1. The Balaban J connectivity index is 2.76. The van der Waals surface area contributed by atoms with Crippen LogP contribution in [0.2, 0.25) is 5.02 Å². The Hall–Kier alpha value is -0.530. The molecule has 0 atom stereocenters. The largest absolute Gasteiger partial charge is 0.330 e. The van der Waals surface area contributed by atoms with Crippen molar-refractivity contribution in [3.8, 4) is 0 Å². The van der Waals surface area contributed by atoms with Gasteiger partial charge in [0.15, 0.2) is 0 Å². The van der Waals surface area contributed by atoms with E-state index in [1.54, 1.807) is 0 Å². The molecule has 1 nitrogen and oxygen atoms in total. The Morgan fingerprint density at radius 3 is 2.54 bits per heavy atom. The smallest absolute Gasteiger partial charge is 0.0411 e. The van der Waals surface area contributed by atoms with Crippen molar-refractivity contribution in [2.45, 2.75) is 26.2 Å². The van der Waals surface area contributed by atoms with Crippen molar-refractivity contribution in [2.75, 3.05) is 6.54 Å². The molecule has 2 N–H and O–H groups in total. The van der Waals surface area contributed by atoms with Gasteiger partial charge in [-0.2, -0.15) is 0 Å². The maximum atomic E-state index is 5.98. The summed E-state index contributed by atoms with van der Waals surface area (Å²) in [5.74, 6) is 0. The van der Waals surface area contributed by atoms with E-state index in [0.29, 0.717) is 0 Å². The highest BCUT2D eigenvalue weighted by molar-refractivity contribution is 6.30. The summed E-state index contributed by atoms with van der Waals surface area (Å²) in [5, 5.41) is 0.839. The molecular weight excluding hydrogens is 182 g/mol. The molecule has 1 aromatic rings. The first kappa shape index (κ1) is 10.6. The van der Waals surface area contributed by atoms with Crippen LogP contribution in [-0.2, 0) is 12.8 Å². The van der Waals surface area contributed by atoms with E-state index in [2.05, 4.69) is 13.0 Å². The number of benzene rings is 1. The van der Waals surface area contributed by atoms with Crippen molar-refractivity contribution in [3.63, 3.8) is 0 Å². The molecule has 0 aliphatic heterocycles. The topological polar surface area (TPSA) is 26.0 Å². The van der Waals surface area contributed by atoms with Gasteiger partial charge in [0.1, 0.15) is 0 Å². The van der Waals surface area contributed by atoms with Crippen LogP contribution in [0, 0.1) is 0 Å². The Bertz CT molecular complexity index is 271. The summed E-state index contributed by atoms with van der Waals surface area (Å²) in [6, 6.07) is 6.26. The Morgan fingerprint density at radius 2 is 1.92 bits per heavy atom. The van der Waals surface area contributed by atoms with Gasteiger partial charge >= 0.3 is 0 Å². The maximum absolute atomic E-state index is 5.98. The van der Waals surface area contributed by atoms with E-state index in [1.807, 2.05) is 12.1 Å². The summed E-state index contributed by atoms with van der Waals surface area (Å²) in [6.45, 7) is 2.88. The number of hydrogen-bond acceptors (Lipinski definition) is 1. The zero-order chi connectivity index (χ0) is 9.68. The zero-order valence-corrected chi connectivity index (χ0v) is 8.77. The van der Waals surface area contributed by atoms with E-state index in [-0.39, 0.29) is 0 Å². The van der Waals surface area contributed by atoms with E-state index in [1.165, 1.54) is 11.1 Å². The molecule has 0 radical (unpaired) electrons. The van der Waals surface area contributed by atoms with Crippen LogP contribution in [0.5, 0.6) is 0 Å². The monoisotopic (exact) mass is 197 g/mol. The van der Waals surface area contributed by atoms with E-state index >= 15 is 0 Å². The van der Waals surface area contributed by atoms with Crippen LogP contribution in [0.1, 0.15) is 24.5 Å². The van der Waals surface area contributed by atoms with E-state index < -0.39 is 0 Å². The van der Waals surface area contributed by atoms with Gasteiger partial charge in [0.2, 0.25) is 0 Å². The van der Waals surface area contributed by atoms with Gasteiger partial charge in [-0.3, -0.25) is 0 Å². The average Bonchev–Trinajstić information content (AvgIpc) is 2.14. The second kappa shape index (κ2) is 5.25. The molecule has 2 heteroatoms. The first-order valence-corrected chi connectivity index (χ1v) is 5.12. The molecule has 0 aromatic heterocycles. The van der Waals surface area contributed by atoms with Gasteiger partial charge < -0.3 is 5.73 Å². The summed E-state index contributed by atoms with van der Waals surface area (Å²) >= 11 is 5.98. The minimum Gasteiger partial charge on any atom is -0.330 e. The minimum atomic E-state index is 0.744. The van der Waals surface area contributed by atoms with Crippen molar-refractivity contribution in [1.29, 1.82) is 0 Å². The van der Waals surface area contributed by atoms with Gasteiger partial charge in [0.05, 0.1) is 0 Å². The Kier molecular flexibility index (Phi) is 4.26. The highest BCUT2D eigenvalue weighted by atomic mass is 35.5. The van der Waals surface area contributed by atoms with Crippen LogP contribution < -0.4 is 5.73 Å². The lowest BCUT2D eigenvalue weighted by molar-refractivity contribution is 0.831. The van der Waals surface area contributed by atoms with Gasteiger partial charge in [0, 0.05) is 5.02 Å². The second-order valence-electron chi connectivity index (χ2n) is 3.21. The summed E-state index contributed by atoms with van der Waals surface area (Å²) in [6.07, 6.45) is 3.10.